The Labute approximate surface area is 138 Å². The molecule has 21 heavy (non-hydrogen) atoms. The number of nitrogens with zero attached hydrogens (tertiary/aromatic N) is 2. The largest absolute Gasteiger partial charge is 0.370 e. The summed E-state index contributed by atoms with van der Waals surface area (Å²) in [5.74, 6) is 2.58. The first kappa shape index (κ1) is 16.0. The number of anilines is 3. The molecule has 1 aromatic carbocycles. The number of hydrogen-bond donors (Lipinski definition) is 2. The lowest BCUT2D eigenvalue weighted by atomic mass is 10.2. The predicted octanol–water partition coefficient (Wildman–Crippen LogP) is 5.19. The SMILES string of the molecule is CCNc1cc(Nc2cc(Br)ccc2Cl)nc(C(C)C)n1. The molecule has 0 fully saturated rings. The van der Waals surface area contributed by atoms with Crippen LogP contribution in [0, 0.1) is 0 Å². The van der Waals surface area contributed by atoms with Gasteiger partial charge in [-0.15, -0.1) is 0 Å². The van der Waals surface area contributed by atoms with Crippen LogP contribution in [0.5, 0.6) is 0 Å². The summed E-state index contributed by atoms with van der Waals surface area (Å²) in [4.78, 5) is 9.04. The topological polar surface area (TPSA) is 49.8 Å². The molecule has 0 radical (unpaired) electrons. The maximum atomic E-state index is 6.21. The Hall–Kier alpha value is -1.33. The molecule has 0 saturated heterocycles. The normalized spacial score (nSPS) is 10.8. The number of halogens is 2. The second kappa shape index (κ2) is 7.09. The van der Waals surface area contributed by atoms with Crippen molar-refractivity contribution in [3.63, 3.8) is 0 Å². The zero-order chi connectivity index (χ0) is 15.4. The van der Waals surface area contributed by atoms with Gasteiger partial charge in [-0.2, -0.15) is 0 Å². The van der Waals surface area contributed by atoms with Gasteiger partial charge in [0.1, 0.15) is 17.5 Å². The van der Waals surface area contributed by atoms with Gasteiger partial charge in [0.05, 0.1) is 10.7 Å². The fourth-order valence-corrected chi connectivity index (χ4v) is 2.32. The highest BCUT2D eigenvalue weighted by atomic mass is 79.9. The molecular weight excluding hydrogens is 352 g/mol. The van der Waals surface area contributed by atoms with E-state index in [0.29, 0.717) is 5.02 Å². The number of benzene rings is 1. The summed E-state index contributed by atoms with van der Waals surface area (Å²) in [6.45, 7) is 6.99. The Morgan fingerprint density at radius 1 is 1.19 bits per heavy atom. The van der Waals surface area contributed by atoms with E-state index in [0.717, 1.165) is 34.2 Å². The Balaban J connectivity index is 2.36. The monoisotopic (exact) mass is 368 g/mol. The zero-order valence-corrected chi connectivity index (χ0v) is 14.6. The molecule has 2 aromatic rings. The lowest BCUT2D eigenvalue weighted by Gasteiger charge is -2.13. The highest BCUT2D eigenvalue weighted by Gasteiger charge is 2.09. The average molecular weight is 370 g/mol. The van der Waals surface area contributed by atoms with E-state index in [1.165, 1.54) is 0 Å². The van der Waals surface area contributed by atoms with Crippen LogP contribution in [-0.2, 0) is 0 Å². The van der Waals surface area contributed by atoms with Gasteiger partial charge in [-0.25, -0.2) is 9.97 Å². The summed E-state index contributed by atoms with van der Waals surface area (Å²) in [6.07, 6.45) is 0. The van der Waals surface area contributed by atoms with Crippen LogP contribution in [0.4, 0.5) is 17.3 Å². The molecular formula is C15H18BrClN4. The van der Waals surface area contributed by atoms with Gasteiger partial charge in [-0.3, -0.25) is 0 Å². The van der Waals surface area contributed by atoms with Gasteiger partial charge in [0.15, 0.2) is 0 Å². The first-order chi connectivity index (χ1) is 9.99. The minimum absolute atomic E-state index is 0.252. The molecule has 0 atom stereocenters. The lowest BCUT2D eigenvalue weighted by molar-refractivity contribution is 0.777. The molecule has 0 aliphatic carbocycles. The van der Waals surface area contributed by atoms with Crippen LogP contribution >= 0.6 is 27.5 Å². The van der Waals surface area contributed by atoms with Crippen molar-refractivity contribution in [2.24, 2.45) is 0 Å². The van der Waals surface area contributed by atoms with E-state index >= 15 is 0 Å². The predicted molar refractivity (Wildman–Crippen MR) is 92.7 cm³/mol. The van der Waals surface area contributed by atoms with Crippen molar-refractivity contribution in [2.45, 2.75) is 26.7 Å². The van der Waals surface area contributed by atoms with Crippen molar-refractivity contribution < 1.29 is 0 Å². The van der Waals surface area contributed by atoms with Crippen LogP contribution in [0.15, 0.2) is 28.7 Å². The summed E-state index contributed by atoms with van der Waals surface area (Å²) < 4.78 is 0.958. The molecule has 6 heteroatoms. The molecule has 0 aliphatic rings. The summed E-state index contributed by atoms with van der Waals surface area (Å²) in [7, 11) is 0. The maximum absolute atomic E-state index is 6.21. The Bertz CT molecular complexity index is 631. The fraction of sp³-hybridized carbons (Fsp3) is 0.333. The molecule has 0 unspecified atom stereocenters. The van der Waals surface area contributed by atoms with Crippen LogP contribution in [-0.4, -0.2) is 16.5 Å². The molecule has 2 rings (SSSR count). The Kier molecular flexibility index (Phi) is 5.42. The van der Waals surface area contributed by atoms with E-state index in [9.17, 15) is 0 Å². The molecule has 4 nitrogen and oxygen atoms in total. The van der Waals surface area contributed by atoms with E-state index in [-0.39, 0.29) is 5.92 Å². The first-order valence-corrected chi connectivity index (χ1v) is 8.01. The lowest BCUT2D eigenvalue weighted by Crippen LogP contribution is -2.07. The minimum Gasteiger partial charge on any atom is -0.370 e. The van der Waals surface area contributed by atoms with Crippen molar-refractivity contribution in [3.05, 3.63) is 39.6 Å². The average Bonchev–Trinajstić information content (AvgIpc) is 2.43. The van der Waals surface area contributed by atoms with Gasteiger partial charge in [0, 0.05) is 23.0 Å². The van der Waals surface area contributed by atoms with Gasteiger partial charge in [-0.05, 0) is 25.1 Å². The van der Waals surface area contributed by atoms with Crippen LogP contribution in [0.2, 0.25) is 5.02 Å². The first-order valence-electron chi connectivity index (χ1n) is 6.84. The van der Waals surface area contributed by atoms with Crippen molar-refractivity contribution in [1.29, 1.82) is 0 Å². The van der Waals surface area contributed by atoms with E-state index in [4.69, 9.17) is 11.6 Å². The molecule has 0 aliphatic heterocycles. The van der Waals surface area contributed by atoms with E-state index in [1.54, 1.807) is 0 Å². The van der Waals surface area contributed by atoms with Crippen molar-refractivity contribution in [3.8, 4) is 0 Å². The third-order valence-corrected chi connectivity index (χ3v) is 3.63. The summed E-state index contributed by atoms with van der Waals surface area (Å²) in [6, 6.07) is 7.54. The number of hydrogen-bond acceptors (Lipinski definition) is 4. The molecule has 0 amide bonds. The van der Waals surface area contributed by atoms with Gasteiger partial charge in [-0.1, -0.05) is 41.4 Å². The molecule has 1 heterocycles. The van der Waals surface area contributed by atoms with Crippen LogP contribution in [0.3, 0.4) is 0 Å². The highest BCUT2D eigenvalue weighted by molar-refractivity contribution is 9.10. The standard InChI is InChI=1S/C15H18BrClN4/c1-4-18-13-8-14(21-15(20-13)9(2)3)19-12-7-10(16)5-6-11(12)17/h5-9H,4H2,1-3H3,(H2,18,19,20,21). The molecule has 1 aromatic heterocycles. The quantitative estimate of drug-likeness (QED) is 0.761. The summed E-state index contributed by atoms with van der Waals surface area (Å²) >= 11 is 9.65. The Morgan fingerprint density at radius 3 is 2.57 bits per heavy atom. The number of nitrogens with one attached hydrogen (secondary N) is 2. The Morgan fingerprint density at radius 2 is 1.90 bits per heavy atom. The van der Waals surface area contributed by atoms with Gasteiger partial charge < -0.3 is 10.6 Å². The van der Waals surface area contributed by atoms with Gasteiger partial charge >= 0.3 is 0 Å². The molecule has 112 valence electrons. The van der Waals surface area contributed by atoms with Crippen LogP contribution in [0.1, 0.15) is 32.5 Å². The minimum atomic E-state index is 0.252. The maximum Gasteiger partial charge on any atom is 0.136 e. The molecule has 0 bridgehead atoms. The van der Waals surface area contributed by atoms with Gasteiger partial charge in [0.2, 0.25) is 0 Å². The second-order valence-corrected chi connectivity index (χ2v) is 6.25. The fourth-order valence-electron chi connectivity index (χ4n) is 1.79. The van der Waals surface area contributed by atoms with Crippen LogP contribution in [0.25, 0.3) is 0 Å². The third-order valence-electron chi connectivity index (χ3n) is 2.81. The van der Waals surface area contributed by atoms with E-state index < -0.39 is 0 Å². The second-order valence-electron chi connectivity index (χ2n) is 4.93. The third kappa shape index (κ3) is 4.32. The molecule has 2 N–H and O–H groups in total. The number of aromatic nitrogens is 2. The molecule has 0 saturated carbocycles. The van der Waals surface area contributed by atoms with Crippen LogP contribution < -0.4 is 10.6 Å². The van der Waals surface area contributed by atoms with E-state index in [1.807, 2.05) is 31.2 Å². The van der Waals surface area contributed by atoms with Crippen molar-refractivity contribution >= 4 is 44.9 Å². The van der Waals surface area contributed by atoms with E-state index in [2.05, 4.69) is 50.4 Å². The number of rotatable bonds is 5. The zero-order valence-electron chi connectivity index (χ0n) is 12.2. The summed E-state index contributed by atoms with van der Waals surface area (Å²) in [5, 5.41) is 7.12. The van der Waals surface area contributed by atoms with Crippen molar-refractivity contribution in [2.75, 3.05) is 17.2 Å². The highest BCUT2D eigenvalue weighted by Crippen LogP contribution is 2.29. The molecule has 0 spiro atoms. The summed E-state index contributed by atoms with van der Waals surface area (Å²) in [5.41, 5.74) is 0.807. The van der Waals surface area contributed by atoms with Crippen molar-refractivity contribution in [1.82, 2.24) is 9.97 Å². The smallest absolute Gasteiger partial charge is 0.136 e. The van der Waals surface area contributed by atoms with Gasteiger partial charge in [0.25, 0.3) is 0 Å².